The van der Waals surface area contributed by atoms with E-state index in [-0.39, 0.29) is 0 Å². The molecule has 3 heteroatoms. The van der Waals surface area contributed by atoms with Crippen LogP contribution in [0.15, 0.2) is 23.2 Å². The van der Waals surface area contributed by atoms with Crippen LogP contribution < -0.4 is 0 Å². The van der Waals surface area contributed by atoms with E-state index in [0.717, 1.165) is 11.4 Å². The molecule has 0 aromatic carbocycles. The largest absolute Gasteiger partial charge is 0.387 e. The number of hydrogen-bond donors (Lipinski definition) is 1. The second-order valence-corrected chi connectivity index (χ2v) is 5.14. The Morgan fingerprint density at radius 3 is 2.60 bits per heavy atom. The van der Waals surface area contributed by atoms with Gasteiger partial charge < -0.3 is 5.11 Å². The first-order valence-corrected chi connectivity index (χ1v) is 6.38. The lowest BCUT2D eigenvalue weighted by Crippen LogP contribution is -1.98. The van der Waals surface area contributed by atoms with Crippen molar-refractivity contribution >= 4 is 11.8 Å². The van der Waals surface area contributed by atoms with Crippen LogP contribution in [-0.4, -0.2) is 15.8 Å². The van der Waals surface area contributed by atoms with Gasteiger partial charge in [-0.1, -0.05) is 20.8 Å². The van der Waals surface area contributed by atoms with Gasteiger partial charge in [-0.05, 0) is 24.5 Å². The molecule has 0 aliphatic heterocycles. The molecule has 1 rings (SSSR count). The van der Waals surface area contributed by atoms with Gasteiger partial charge in [0.2, 0.25) is 0 Å². The number of aromatic nitrogens is 1. The van der Waals surface area contributed by atoms with Gasteiger partial charge in [-0.25, -0.2) is 0 Å². The predicted molar refractivity (Wildman–Crippen MR) is 65.0 cm³/mol. The molecule has 0 radical (unpaired) electrons. The van der Waals surface area contributed by atoms with E-state index in [1.165, 1.54) is 4.90 Å². The second-order valence-electron chi connectivity index (χ2n) is 4.05. The first-order chi connectivity index (χ1) is 7.13. The zero-order chi connectivity index (χ0) is 11.3. The van der Waals surface area contributed by atoms with Crippen LogP contribution in [0.1, 0.15) is 39.0 Å². The third-order valence-electron chi connectivity index (χ3n) is 2.07. The van der Waals surface area contributed by atoms with Gasteiger partial charge in [0, 0.05) is 16.8 Å². The minimum absolute atomic E-state index is 0.422. The molecule has 1 N–H and O–H groups in total. The monoisotopic (exact) mass is 225 g/mol. The fourth-order valence-electron chi connectivity index (χ4n) is 1.15. The molecule has 84 valence electrons. The number of aliphatic hydroxyl groups is 1. The first kappa shape index (κ1) is 12.5. The molecule has 1 aromatic heterocycles. The maximum Gasteiger partial charge on any atom is 0.0957 e. The molecule has 0 unspecified atom stereocenters. The minimum atomic E-state index is -0.422. The number of aliphatic hydroxyl groups excluding tert-OH is 1. The van der Waals surface area contributed by atoms with E-state index in [1.54, 1.807) is 0 Å². The minimum Gasteiger partial charge on any atom is -0.387 e. The van der Waals surface area contributed by atoms with Gasteiger partial charge in [0.25, 0.3) is 0 Å². The molecular weight excluding hydrogens is 206 g/mol. The van der Waals surface area contributed by atoms with E-state index >= 15 is 0 Å². The van der Waals surface area contributed by atoms with Gasteiger partial charge >= 0.3 is 0 Å². The van der Waals surface area contributed by atoms with Crippen LogP contribution in [0.5, 0.6) is 0 Å². The summed E-state index contributed by atoms with van der Waals surface area (Å²) in [7, 11) is 0. The molecule has 0 bridgehead atoms. The highest BCUT2D eigenvalue weighted by molar-refractivity contribution is 7.99. The van der Waals surface area contributed by atoms with Crippen LogP contribution >= 0.6 is 11.8 Å². The van der Waals surface area contributed by atoms with Crippen molar-refractivity contribution < 1.29 is 5.11 Å². The van der Waals surface area contributed by atoms with Crippen LogP contribution in [0.3, 0.4) is 0 Å². The Morgan fingerprint density at radius 2 is 2.13 bits per heavy atom. The average molecular weight is 225 g/mol. The van der Waals surface area contributed by atoms with Crippen molar-refractivity contribution in [3.63, 3.8) is 0 Å². The van der Waals surface area contributed by atoms with Gasteiger partial charge in [-0.2, -0.15) is 0 Å². The van der Waals surface area contributed by atoms with Gasteiger partial charge in [0.15, 0.2) is 0 Å². The van der Waals surface area contributed by atoms with Crippen LogP contribution in [0.25, 0.3) is 0 Å². The topological polar surface area (TPSA) is 33.1 Å². The third kappa shape index (κ3) is 4.22. The number of hydrogen-bond acceptors (Lipinski definition) is 3. The quantitative estimate of drug-likeness (QED) is 0.781. The molecule has 0 saturated heterocycles. The van der Waals surface area contributed by atoms with Crippen molar-refractivity contribution in [2.45, 2.75) is 38.2 Å². The molecule has 15 heavy (non-hydrogen) atoms. The van der Waals surface area contributed by atoms with E-state index in [9.17, 15) is 5.11 Å². The SMILES string of the molecule is CC[C@@H](O)c1ccc(SCC(C)C)cn1. The smallest absolute Gasteiger partial charge is 0.0957 e. The number of nitrogens with zero attached hydrogens (tertiary/aromatic N) is 1. The summed E-state index contributed by atoms with van der Waals surface area (Å²) >= 11 is 1.81. The van der Waals surface area contributed by atoms with Gasteiger partial charge in [-0.3, -0.25) is 4.98 Å². The van der Waals surface area contributed by atoms with Crippen molar-refractivity contribution in [1.82, 2.24) is 4.98 Å². The summed E-state index contributed by atoms with van der Waals surface area (Å²) in [5.74, 6) is 1.80. The molecule has 0 saturated carbocycles. The van der Waals surface area contributed by atoms with Crippen LogP contribution in [-0.2, 0) is 0 Å². The Kier molecular flexibility index (Phi) is 5.12. The van der Waals surface area contributed by atoms with Crippen molar-refractivity contribution in [3.8, 4) is 0 Å². The maximum atomic E-state index is 9.57. The first-order valence-electron chi connectivity index (χ1n) is 5.40. The molecule has 0 spiro atoms. The summed E-state index contributed by atoms with van der Waals surface area (Å²) in [6.07, 6.45) is 2.14. The summed E-state index contributed by atoms with van der Waals surface area (Å²) in [5.41, 5.74) is 0.770. The normalized spacial score (nSPS) is 13.1. The molecule has 1 heterocycles. The summed E-state index contributed by atoms with van der Waals surface area (Å²) < 4.78 is 0. The molecule has 2 nitrogen and oxygen atoms in total. The van der Waals surface area contributed by atoms with Crippen LogP contribution in [0.4, 0.5) is 0 Å². The molecule has 0 aliphatic rings. The Bertz CT molecular complexity index is 284. The second kappa shape index (κ2) is 6.13. The van der Waals surface area contributed by atoms with Crippen molar-refractivity contribution in [2.24, 2.45) is 5.92 Å². The van der Waals surface area contributed by atoms with Crippen LogP contribution in [0.2, 0.25) is 0 Å². The molecule has 1 atom stereocenters. The lowest BCUT2D eigenvalue weighted by Gasteiger charge is -2.08. The summed E-state index contributed by atoms with van der Waals surface area (Å²) in [6.45, 7) is 6.36. The van der Waals surface area contributed by atoms with E-state index in [2.05, 4.69) is 18.8 Å². The average Bonchev–Trinajstić information content (AvgIpc) is 2.26. The van der Waals surface area contributed by atoms with Gasteiger partial charge in [0.05, 0.1) is 11.8 Å². The Labute approximate surface area is 96.1 Å². The highest BCUT2D eigenvalue weighted by Crippen LogP contribution is 2.21. The lowest BCUT2D eigenvalue weighted by molar-refractivity contribution is 0.169. The zero-order valence-electron chi connectivity index (χ0n) is 9.60. The number of pyridine rings is 1. The lowest BCUT2D eigenvalue weighted by atomic mass is 10.2. The van der Waals surface area contributed by atoms with E-state index < -0.39 is 6.10 Å². The van der Waals surface area contributed by atoms with Gasteiger partial charge in [-0.15, -0.1) is 11.8 Å². The molecular formula is C12H19NOS. The van der Waals surface area contributed by atoms with E-state index in [0.29, 0.717) is 12.3 Å². The van der Waals surface area contributed by atoms with Crippen molar-refractivity contribution in [3.05, 3.63) is 24.0 Å². The number of thioether (sulfide) groups is 1. The highest BCUT2D eigenvalue weighted by Gasteiger charge is 2.05. The van der Waals surface area contributed by atoms with Gasteiger partial charge in [0.1, 0.15) is 0 Å². The maximum absolute atomic E-state index is 9.57. The summed E-state index contributed by atoms with van der Waals surface area (Å²) in [5, 5.41) is 9.57. The third-order valence-corrected chi connectivity index (χ3v) is 3.48. The molecule has 0 amide bonds. The molecule has 0 aliphatic carbocycles. The predicted octanol–water partition coefficient (Wildman–Crippen LogP) is 3.27. The number of rotatable bonds is 5. The summed E-state index contributed by atoms with van der Waals surface area (Å²) in [6, 6.07) is 3.95. The Balaban J connectivity index is 2.56. The van der Waals surface area contributed by atoms with E-state index in [1.807, 2.05) is 37.0 Å². The Morgan fingerprint density at radius 1 is 1.40 bits per heavy atom. The van der Waals surface area contributed by atoms with E-state index in [4.69, 9.17) is 0 Å². The molecule has 0 fully saturated rings. The summed E-state index contributed by atoms with van der Waals surface area (Å²) in [4.78, 5) is 5.43. The van der Waals surface area contributed by atoms with Crippen molar-refractivity contribution in [1.29, 1.82) is 0 Å². The Hall–Kier alpha value is -0.540. The van der Waals surface area contributed by atoms with Crippen molar-refractivity contribution in [2.75, 3.05) is 5.75 Å². The fraction of sp³-hybridized carbons (Fsp3) is 0.583. The standard InChI is InChI=1S/C12H19NOS/c1-4-12(14)11-6-5-10(7-13-11)15-8-9(2)3/h5-7,9,12,14H,4,8H2,1-3H3/t12-/m1/s1. The highest BCUT2D eigenvalue weighted by atomic mass is 32.2. The fourth-order valence-corrected chi connectivity index (χ4v) is 1.96. The molecule has 1 aromatic rings. The zero-order valence-corrected chi connectivity index (χ0v) is 10.4. The van der Waals surface area contributed by atoms with Crippen LogP contribution in [0, 0.1) is 5.92 Å².